The molecule has 0 aromatic carbocycles. The number of anilines is 1. The van der Waals surface area contributed by atoms with Gasteiger partial charge in [-0.15, -0.1) is 23.7 Å². The molecule has 0 saturated heterocycles. The Morgan fingerprint density at radius 3 is 2.67 bits per heavy atom. The molecule has 0 aliphatic heterocycles. The van der Waals surface area contributed by atoms with Crippen molar-refractivity contribution in [3.63, 3.8) is 0 Å². The van der Waals surface area contributed by atoms with Gasteiger partial charge in [0.2, 0.25) is 5.91 Å². The van der Waals surface area contributed by atoms with E-state index in [0.717, 1.165) is 13.1 Å². The van der Waals surface area contributed by atoms with Crippen molar-refractivity contribution in [1.82, 2.24) is 9.88 Å². The summed E-state index contributed by atoms with van der Waals surface area (Å²) in [5, 5.41) is 5.26. The molecule has 0 unspecified atom stereocenters. The Kier molecular flexibility index (Phi) is 7.29. The fourth-order valence-electron chi connectivity index (χ4n) is 1.09. The van der Waals surface area contributed by atoms with Crippen molar-refractivity contribution in [2.24, 2.45) is 0 Å². The largest absolute Gasteiger partial charge is 0.301 e. The molecule has 0 radical (unpaired) electrons. The lowest BCUT2D eigenvalue weighted by molar-refractivity contribution is -0.117. The van der Waals surface area contributed by atoms with Crippen molar-refractivity contribution in [3.8, 4) is 0 Å². The molecule has 4 nitrogen and oxygen atoms in total. The van der Waals surface area contributed by atoms with Crippen LogP contribution in [0.15, 0.2) is 11.6 Å². The van der Waals surface area contributed by atoms with Crippen LogP contribution in [0.25, 0.3) is 0 Å². The van der Waals surface area contributed by atoms with E-state index in [1.54, 1.807) is 6.20 Å². The number of hydrogen-bond donors (Lipinski definition) is 1. The van der Waals surface area contributed by atoms with Crippen LogP contribution in [0, 0.1) is 0 Å². The van der Waals surface area contributed by atoms with Gasteiger partial charge in [0, 0.05) is 11.6 Å². The summed E-state index contributed by atoms with van der Waals surface area (Å²) >= 11 is 1.43. The average molecular weight is 250 g/mol. The molecule has 1 amide bonds. The van der Waals surface area contributed by atoms with Crippen LogP contribution < -0.4 is 5.32 Å². The minimum Gasteiger partial charge on any atom is -0.301 e. The van der Waals surface area contributed by atoms with Crippen LogP contribution in [-0.2, 0) is 4.79 Å². The quantitative estimate of drug-likeness (QED) is 0.866. The third kappa shape index (κ3) is 5.11. The molecule has 0 fully saturated rings. The van der Waals surface area contributed by atoms with Gasteiger partial charge in [0.05, 0.1) is 6.54 Å². The number of halogens is 1. The highest BCUT2D eigenvalue weighted by molar-refractivity contribution is 7.13. The van der Waals surface area contributed by atoms with E-state index in [4.69, 9.17) is 0 Å². The highest BCUT2D eigenvalue weighted by atomic mass is 35.5. The van der Waals surface area contributed by atoms with Crippen molar-refractivity contribution in [2.45, 2.75) is 13.8 Å². The number of carbonyl (C=O) groups excluding carboxylic acids is 1. The van der Waals surface area contributed by atoms with Crippen molar-refractivity contribution in [1.29, 1.82) is 0 Å². The lowest BCUT2D eigenvalue weighted by atomic mass is 10.4. The van der Waals surface area contributed by atoms with Gasteiger partial charge in [-0.3, -0.25) is 9.69 Å². The van der Waals surface area contributed by atoms with Crippen LogP contribution in [0.5, 0.6) is 0 Å². The maximum absolute atomic E-state index is 11.5. The van der Waals surface area contributed by atoms with Gasteiger partial charge in [0.15, 0.2) is 5.13 Å². The molecular weight excluding hydrogens is 234 g/mol. The fourth-order valence-corrected chi connectivity index (χ4v) is 1.64. The van der Waals surface area contributed by atoms with E-state index in [0.29, 0.717) is 11.7 Å². The Hall–Kier alpha value is -0.650. The summed E-state index contributed by atoms with van der Waals surface area (Å²) in [6, 6.07) is 0. The summed E-state index contributed by atoms with van der Waals surface area (Å²) in [5.74, 6) is 0.00338. The zero-order valence-corrected chi connectivity index (χ0v) is 10.5. The van der Waals surface area contributed by atoms with Crippen LogP contribution in [-0.4, -0.2) is 35.4 Å². The molecule has 0 aliphatic rings. The van der Waals surface area contributed by atoms with Gasteiger partial charge in [-0.1, -0.05) is 13.8 Å². The van der Waals surface area contributed by atoms with Gasteiger partial charge < -0.3 is 5.32 Å². The van der Waals surface area contributed by atoms with Crippen LogP contribution in [0.3, 0.4) is 0 Å². The average Bonchev–Trinajstić information content (AvgIpc) is 2.66. The highest BCUT2D eigenvalue weighted by Gasteiger charge is 2.07. The molecule has 1 aromatic rings. The molecule has 6 heteroatoms. The molecule has 0 atom stereocenters. The second kappa shape index (κ2) is 7.62. The molecule has 0 saturated carbocycles. The zero-order chi connectivity index (χ0) is 10.4. The lowest BCUT2D eigenvalue weighted by Gasteiger charge is -2.16. The molecular formula is C9H16ClN3OS. The second-order valence-corrected chi connectivity index (χ2v) is 3.74. The number of thiazole rings is 1. The molecule has 0 aliphatic carbocycles. The molecule has 1 rings (SSSR count). The van der Waals surface area contributed by atoms with Gasteiger partial charge in [-0.05, 0) is 13.1 Å². The first-order valence-corrected chi connectivity index (χ1v) is 5.56. The van der Waals surface area contributed by atoms with Crippen molar-refractivity contribution in [2.75, 3.05) is 25.0 Å². The van der Waals surface area contributed by atoms with E-state index in [9.17, 15) is 4.79 Å². The fraction of sp³-hybridized carbons (Fsp3) is 0.556. The van der Waals surface area contributed by atoms with Crippen LogP contribution in [0.4, 0.5) is 5.13 Å². The first-order chi connectivity index (χ1) is 6.76. The summed E-state index contributed by atoms with van der Waals surface area (Å²) < 4.78 is 0. The predicted octanol–water partition coefficient (Wildman–Crippen LogP) is 1.85. The molecule has 1 heterocycles. The van der Waals surface area contributed by atoms with Gasteiger partial charge in [0.25, 0.3) is 0 Å². The summed E-state index contributed by atoms with van der Waals surface area (Å²) in [6.07, 6.45) is 1.68. The normalized spacial score (nSPS) is 9.80. The van der Waals surface area contributed by atoms with Crippen LogP contribution in [0.2, 0.25) is 0 Å². The Labute approximate surface area is 100 Å². The minimum absolute atomic E-state index is 0. The lowest BCUT2D eigenvalue weighted by Crippen LogP contribution is -2.32. The van der Waals surface area contributed by atoms with Crippen LogP contribution in [0.1, 0.15) is 13.8 Å². The number of nitrogens with one attached hydrogen (secondary N) is 1. The van der Waals surface area contributed by atoms with E-state index in [1.165, 1.54) is 11.3 Å². The topological polar surface area (TPSA) is 45.2 Å². The van der Waals surface area contributed by atoms with Crippen molar-refractivity contribution in [3.05, 3.63) is 11.6 Å². The number of amides is 1. The first kappa shape index (κ1) is 14.3. The minimum atomic E-state index is 0. The third-order valence-corrected chi connectivity index (χ3v) is 2.63. The summed E-state index contributed by atoms with van der Waals surface area (Å²) in [7, 11) is 0. The standard InChI is InChI=1S/C9H15N3OS.ClH/c1-3-12(4-2)7-8(13)11-9-10-5-6-14-9;/h5-6H,3-4,7H2,1-2H3,(H,10,11,13);1H. The van der Waals surface area contributed by atoms with Gasteiger partial charge in [-0.25, -0.2) is 4.98 Å². The van der Waals surface area contributed by atoms with E-state index < -0.39 is 0 Å². The molecule has 86 valence electrons. The number of likely N-dealkylation sites (N-methyl/N-ethyl adjacent to an activating group) is 1. The smallest absolute Gasteiger partial charge is 0.240 e. The number of aromatic nitrogens is 1. The number of nitrogens with zero attached hydrogens (tertiary/aromatic N) is 2. The Morgan fingerprint density at radius 1 is 1.53 bits per heavy atom. The van der Waals surface area contributed by atoms with Gasteiger partial charge >= 0.3 is 0 Å². The third-order valence-electron chi connectivity index (χ3n) is 1.94. The van der Waals surface area contributed by atoms with Gasteiger partial charge in [0.1, 0.15) is 0 Å². The summed E-state index contributed by atoms with van der Waals surface area (Å²) in [6.45, 7) is 6.30. The number of hydrogen-bond acceptors (Lipinski definition) is 4. The van der Waals surface area contributed by atoms with Crippen LogP contribution >= 0.6 is 23.7 Å². The second-order valence-electron chi connectivity index (χ2n) is 2.85. The summed E-state index contributed by atoms with van der Waals surface area (Å²) in [5.41, 5.74) is 0. The molecule has 1 N–H and O–H groups in total. The maximum Gasteiger partial charge on any atom is 0.240 e. The zero-order valence-electron chi connectivity index (χ0n) is 8.90. The molecule has 0 spiro atoms. The Balaban J connectivity index is 0.00000196. The van der Waals surface area contributed by atoms with Gasteiger partial charge in [-0.2, -0.15) is 0 Å². The number of rotatable bonds is 5. The molecule has 1 aromatic heterocycles. The molecule has 15 heavy (non-hydrogen) atoms. The van der Waals surface area contributed by atoms with E-state index in [-0.39, 0.29) is 18.3 Å². The predicted molar refractivity (Wildman–Crippen MR) is 65.8 cm³/mol. The monoisotopic (exact) mass is 249 g/mol. The summed E-state index contributed by atoms with van der Waals surface area (Å²) in [4.78, 5) is 17.5. The number of carbonyl (C=O) groups is 1. The maximum atomic E-state index is 11.5. The van der Waals surface area contributed by atoms with Crippen molar-refractivity contribution < 1.29 is 4.79 Å². The van der Waals surface area contributed by atoms with Crippen molar-refractivity contribution >= 4 is 34.8 Å². The van der Waals surface area contributed by atoms with E-state index in [1.807, 2.05) is 19.2 Å². The Morgan fingerprint density at radius 2 is 2.20 bits per heavy atom. The first-order valence-electron chi connectivity index (χ1n) is 4.68. The highest BCUT2D eigenvalue weighted by Crippen LogP contribution is 2.09. The SMILES string of the molecule is CCN(CC)CC(=O)Nc1nccs1.Cl. The molecule has 0 bridgehead atoms. The van der Waals surface area contributed by atoms with E-state index in [2.05, 4.69) is 15.2 Å². The Bertz CT molecular complexity index is 275. The van der Waals surface area contributed by atoms with E-state index >= 15 is 0 Å².